The van der Waals surface area contributed by atoms with Crippen molar-refractivity contribution in [2.45, 2.75) is 55.6 Å². The number of aryl methyl sites for hydroxylation is 2. The second-order valence-corrected chi connectivity index (χ2v) is 12.1. The third-order valence-electron chi connectivity index (χ3n) is 7.59. The van der Waals surface area contributed by atoms with Gasteiger partial charge >= 0.3 is 0 Å². The third-order valence-corrected chi connectivity index (χ3v) is 8.08. The molecule has 0 saturated carbocycles. The SMILES string of the molecule is C.C.CC.CN1CCNCC1.Cc1nc(C#N)nn1Cc1cccc(Br)c1.Cc1nc(C#N)nn1Cc1cccc(N2CCN(C)CC2)c1. The number of nitrogens with one attached hydrogen (secondary N) is 1. The van der Waals surface area contributed by atoms with Gasteiger partial charge in [0, 0.05) is 62.5 Å². The smallest absolute Gasteiger partial charge is 0.252 e. The lowest BCUT2D eigenvalue weighted by atomic mass is 10.1. The molecule has 6 rings (SSSR count). The van der Waals surface area contributed by atoms with Gasteiger partial charge in [-0.05, 0) is 63.3 Å². The molecule has 0 amide bonds. The van der Waals surface area contributed by atoms with Crippen LogP contribution in [-0.4, -0.2) is 106 Å². The van der Waals surface area contributed by atoms with E-state index >= 15 is 0 Å². The van der Waals surface area contributed by atoms with Gasteiger partial charge in [0.2, 0.25) is 0 Å². The zero-order valence-corrected chi connectivity index (χ0v) is 30.1. The summed E-state index contributed by atoms with van der Waals surface area (Å²) in [5, 5.41) is 29.1. The molecule has 0 aliphatic carbocycles. The number of halogens is 1. The first-order valence-corrected chi connectivity index (χ1v) is 16.8. The lowest BCUT2D eigenvalue weighted by Gasteiger charge is -2.34. The van der Waals surface area contributed by atoms with Gasteiger partial charge in [0.05, 0.1) is 13.1 Å². The summed E-state index contributed by atoms with van der Waals surface area (Å²) in [5.41, 5.74) is 3.55. The second kappa shape index (κ2) is 22.5. The number of nitriles is 2. The van der Waals surface area contributed by atoms with Crippen molar-refractivity contribution in [3.8, 4) is 12.1 Å². The van der Waals surface area contributed by atoms with Crippen LogP contribution >= 0.6 is 15.9 Å². The van der Waals surface area contributed by atoms with Crippen LogP contribution in [0.25, 0.3) is 0 Å². The van der Waals surface area contributed by atoms with Crippen molar-refractivity contribution in [2.75, 3.05) is 71.4 Å². The number of nitrogens with zero attached hydrogens (tertiary/aromatic N) is 11. The molecule has 0 unspecified atom stereocenters. The number of hydrogen-bond acceptors (Lipinski definition) is 10. The van der Waals surface area contributed by atoms with Gasteiger partial charge < -0.3 is 20.0 Å². The maximum absolute atomic E-state index is 8.88. The van der Waals surface area contributed by atoms with Crippen LogP contribution in [0.1, 0.15) is 63.1 Å². The average molecular weight is 736 g/mol. The van der Waals surface area contributed by atoms with E-state index in [9.17, 15) is 0 Å². The molecule has 12 nitrogen and oxygen atoms in total. The van der Waals surface area contributed by atoms with E-state index in [1.165, 1.54) is 24.3 Å². The summed E-state index contributed by atoms with van der Waals surface area (Å²) in [6, 6.07) is 20.4. The fraction of sp³-hybridized carbons (Fsp3) is 0.500. The highest BCUT2D eigenvalue weighted by Crippen LogP contribution is 2.19. The number of likely N-dealkylation sites (N-methyl/N-ethyl adjacent to an activating group) is 2. The summed E-state index contributed by atoms with van der Waals surface area (Å²) in [6.07, 6.45) is 0. The van der Waals surface area contributed by atoms with Crippen molar-refractivity contribution in [2.24, 2.45) is 0 Å². The molecule has 2 fully saturated rings. The van der Waals surface area contributed by atoms with E-state index in [0.29, 0.717) is 13.1 Å². The first-order chi connectivity index (χ1) is 22.7. The summed E-state index contributed by atoms with van der Waals surface area (Å²) in [7, 11) is 4.31. The van der Waals surface area contributed by atoms with Crippen molar-refractivity contribution < 1.29 is 0 Å². The van der Waals surface area contributed by atoms with Gasteiger partial charge in [0.15, 0.2) is 0 Å². The monoisotopic (exact) mass is 734 g/mol. The van der Waals surface area contributed by atoms with E-state index < -0.39 is 0 Å². The van der Waals surface area contributed by atoms with E-state index in [0.717, 1.165) is 61.0 Å². The van der Waals surface area contributed by atoms with Gasteiger partial charge in [-0.3, -0.25) is 0 Å². The molecule has 49 heavy (non-hydrogen) atoms. The van der Waals surface area contributed by atoms with E-state index in [4.69, 9.17) is 10.5 Å². The predicted octanol–water partition coefficient (Wildman–Crippen LogP) is 5.35. The molecule has 2 aliphatic rings. The van der Waals surface area contributed by atoms with Crippen LogP contribution < -0.4 is 10.2 Å². The molecule has 0 bridgehead atoms. The Morgan fingerprint density at radius 3 is 1.61 bits per heavy atom. The highest BCUT2D eigenvalue weighted by atomic mass is 79.9. The lowest BCUT2D eigenvalue weighted by molar-refractivity contribution is 0.291. The van der Waals surface area contributed by atoms with Crippen molar-refractivity contribution >= 4 is 21.6 Å². The van der Waals surface area contributed by atoms with Crippen molar-refractivity contribution in [3.63, 3.8) is 0 Å². The van der Waals surface area contributed by atoms with Crippen LogP contribution in [0.5, 0.6) is 0 Å². The van der Waals surface area contributed by atoms with Crippen LogP contribution in [0.2, 0.25) is 0 Å². The van der Waals surface area contributed by atoms with Gasteiger partial charge in [-0.15, -0.1) is 10.2 Å². The predicted molar refractivity (Wildman–Crippen MR) is 203 cm³/mol. The Labute approximate surface area is 302 Å². The van der Waals surface area contributed by atoms with Gasteiger partial charge in [0.1, 0.15) is 23.8 Å². The molecule has 0 atom stereocenters. The van der Waals surface area contributed by atoms with Crippen molar-refractivity contribution in [1.29, 1.82) is 10.5 Å². The Morgan fingerprint density at radius 2 is 1.18 bits per heavy atom. The lowest BCUT2D eigenvalue weighted by Crippen LogP contribution is -2.44. The van der Waals surface area contributed by atoms with E-state index in [-0.39, 0.29) is 26.5 Å². The first kappa shape index (κ1) is 42.9. The Balaban J connectivity index is 0.000000390. The number of piperazine rings is 2. The Kier molecular flexibility index (Phi) is 19.7. The molecule has 2 aromatic heterocycles. The Bertz CT molecular complexity index is 1600. The maximum atomic E-state index is 8.88. The minimum atomic E-state index is 0. The molecule has 2 saturated heterocycles. The number of anilines is 1. The molecule has 2 aromatic carbocycles. The molecule has 0 spiro atoms. The average Bonchev–Trinajstić information content (AvgIpc) is 3.63. The number of aromatic nitrogens is 6. The van der Waals surface area contributed by atoms with E-state index in [1.807, 2.05) is 64.1 Å². The second-order valence-electron chi connectivity index (χ2n) is 11.1. The molecule has 0 radical (unpaired) electrons. The summed E-state index contributed by atoms with van der Waals surface area (Å²) in [4.78, 5) is 15.2. The van der Waals surface area contributed by atoms with Crippen molar-refractivity contribution in [3.05, 3.63) is 87.4 Å². The van der Waals surface area contributed by atoms with Crippen LogP contribution in [-0.2, 0) is 13.1 Å². The van der Waals surface area contributed by atoms with Crippen LogP contribution in [0, 0.1) is 36.5 Å². The fourth-order valence-electron chi connectivity index (χ4n) is 4.91. The topological polar surface area (TPSA) is 131 Å². The van der Waals surface area contributed by atoms with Gasteiger partial charge in [0.25, 0.3) is 11.6 Å². The zero-order chi connectivity index (χ0) is 34.2. The molecule has 266 valence electrons. The zero-order valence-electron chi connectivity index (χ0n) is 28.5. The molecular formula is C36H55BrN12. The van der Waals surface area contributed by atoms with Gasteiger partial charge in [-0.25, -0.2) is 19.3 Å². The summed E-state index contributed by atoms with van der Waals surface area (Å²) in [5.74, 6) is 1.96. The van der Waals surface area contributed by atoms with Gasteiger partial charge in [-0.2, -0.15) is 10.5 Å². The first-order valence-electron chi connectivity index (χ1n) is 16.0. The quantitative estimate of drug-likeness (QED) is 0.287. The molecule has 2 aliphatic heterocycles. The standard InChI is InChI=1S/C16H20N6.C11H9BrN4.C5H12N2.C2H6.2CH4/c1-13-18-16(11-17)19-22(13)12-14-4-3-5-15(10-14)21-8-6-20(2)7-9-21;1-8-14-11(6-13)15-16(8)7-9-3-2-4-10(12)5-9;1-7-4-2-6-3-5-7;1-2;;/h3-5,10H,6-9,12H2,1-2H3;2-5H,7H2,1H3;6H,2-5H2,1H3;1-2H3;2*1H4. The minimum absolute atomic E-state index is 0. The maximum Gasteiger partial charge on any atom is 0.252 e. The van der Waals surface area contributed by atoms with Crippen LogP contribution in [0.15, 0.2) is 53.0 Å². The third kappa shape index (κ3) is 14.1. The molecular weight excluding hydrogens is 680 g/mol. The Hall–Kier alpha value is -4.14. The molecule has 13 heteroatoms. The van der Waals surface area contributed by atoms with E-state index in [2.05, 4.69) is 94.5 Å². The molecule has 4 heterocycles. The van der Waals surface area contributed by atoms with Crippen LogP contribution in [0.3, 0.4) is 0 Å². The van der Waals surface area contributed by atoms with Gasteiger partial charge in [-0.1, -0.05) is 68.9 Å². The molecule has 1 N–H and O–H groups in total. The highest BCUT2D eigenvalue weighted by molar-refractivity contribution is 9.10. The largest absolute Gasteiger partial charge is 0.369 e. The summed E-state index contributed by atoms with van der Waals surface area (Å²) >= 11 is 3.42. The summed E-state index contributed by atoms with van der Waals surface area (Å²) in [6.45, 7) is 18.0. The normalized spacial score (nSPS) is 14.1. The number of rotatable bonds is 5. The van der Waals surface area contributed by atoms with E-state index in [1.54, 1.807) is 9.36 Å². The summed E-state index contributed by atoms with van der Waals surface area (Å²) < 4.78 is 4.53. The number of hydrogen-bond donors (Lipinski definition) is 1. The van der Waals surface area contributed by atoms with Crippen LogP contribution in [0.4, 0.5) is 5.69 Å². The molecule has 4 aromatic rings. The number of benzene rings is 2. The Morgan fingerprint density at radius 1 is 0.714 bits per heavy atom. The minimum Gasteiger partial charge on any atom is -0.369 e. The fourth-order valence-corrected chi connectivity index (χ4v) is 5.35. The highest BCUT2D eigenvalue weighted by Gasteiger charge is 2.15. The van der Waals surface area contributed by atoms with Crippen molar-refractivity contribution in [1.82, 2.24) is 44.6 Å².